The van der Waals surface area contributed by atoms with E-state index in [2.05, 4.69) is 36.5 Å². The maximum Gasteiger partial charge on any atom is 0.230 e. The predicted octanol–water partition coefficient (Wildman–Crippen LogP) is 6.30. The van der Waals surface area contributed by atoms with Crippen molar-refractivity contribution in [3.05, 3.63) is 94.5 Å². The van der Waals surface area contributed by atoms with Gasteiger partial charge < -0.3 is 5.32 Å². The molecule has 162 valence electrons. The van der Waals surface area contributed by atoms with Crippen LogP contribution in [0.2, 0.25) is 5.02 Å². The van der Waals surface area contributed by atoms with E-state index in [0.717, 1.165) is 39.7 Å². The summed E-state index contributed by atoms with van der Waals surface area (Å²) in [5.41, 5.74) is 6.08. The highest BCUT2D eigenvalue weighted by atomic mass is 35.5. The lowest BCUT2D eigenvalue weighted by atomic mass is 10.1. The number of para-hydroxylation sites is 2. The zero-order valence-corrected chi connectivity index (χ0v) is 19.4. The molecule has 0 saturated carbocycles. The summed E-state index contributed by atoms with van der Waals surface area (Å²) in [6, 6.07) is 23.9. The largest absolute Gasteiger partial charge is 0.355 e. The molecule has 0 spiro atoms. The molecule has 0 radical (unpaired) electrons. The van der Waals surface area contributed by atoms with E-state index in [-0.39, 0.29) is 5.91 Å². The van der Waals surface area contributed by atoms with Crippen LogP contribution in [-0.2, 0) is 11.2 Å². The molecule has 0 fully saturated rings. The second kappa shape index (κ2) is 10.6. The van der Waals surface area contributed by atoms with Gasteiger partial charge in [0.1, 0.15) is 0 Å². The van der Waals surface area contributed by atoms with Crippen LogP contribution in [0.5, 0.6) is 0 Å². The van der Waals surface area contributed by atoms with E-state index in [1.807, 2.05) is 48.5 Å². The Morgan fingerprint density at radius 1 is 0.969 bits per heavy atom. The summed E-state index contributed by atoms with van der Waals surface area (Å²) in [7, 11) is 0. The first-order valence-electron chi connectivity index (χ1n) is 10.5. The summed E-state index contributed by atoms with van der Waals surface area (Å²) in [5, 5.41) is 4.60. The van der Waals surface area contributed by atoms with Crippen molar-refractivity contribution in [2.45, 2.75) is 19.8 Å². The third-order valence-electron chi connectivity index (χ3n) is 5.10. The number of benzene rings is 3. The minimum Gasteiger partial charge on any atom is -0.355 e. The quantitative estimate of drug-likeness (QED) is 0.468. The summed E-state index contributed by atoms with van der Waals surface area (Å²) in [4.78, 5) is 22.1. The molecule has 0 bridgehead atoms. The van der Waals surface area contributed by atoms with Gasteiger partial charge in [-0.1, -0.05) is 65.7 Å². The fraction of sp³-hybridized carbons (Fsp3) is 0.192. The Kier molecular flexibility index (Phi) is 7.40. The molecule has 0 atom stereocenters. The van der Waals surface area contributed by atoms with Crippen molar-refractivity contribution in [1.82, 2.24) is 5.32 Å². The number of fused-ring (bicyclic) bond motifs is 1. The molecule has 4 nitrogen and oxygen atoms in total. The number of aryl methyl sites for hydroxylation is 1. The third-order valence-corrected chi connectivity index (χ3v) is 6.33. The molecule has 0 saturated heterocycles. The van der Waals surface area contributed by atoms with Gasteiger partial charge in [0, 0.05) is 18.0 Å². The van der Waals surface area contributed by atoms with E-state index in [0.29, 0.717) is 23.7 Å². The number of amides is 1. The molecule has 1 N–H and O–H groups in total. The van der Waals surface area contributed by atoms with Crippen LogP contribution in [0.1, 0.15) is 23.1 Å². The maximum atomic E-state index is 12.4. The van der Waals surface area contributed by atoms with Crippen LogP contribution in [-0.4, -0.2) is 29.0 Å². The summed E-state index contributed by atoms with van der Waals surface area (Å²) in [6.45, 7) is 2.66. The van der Waals surface area contributed by atoms with Crippen molar-refractivity contribution < 1.29 is 4.79 Å². The Bertz CT molecular complexity index is 1150. The van der Waals surface area contributed by atoms with E-state index >= 15 is 0 Å². The Hall–Kier alpha value is -2.89. The molecule has 4 rings (SSSR count). The summed E-state index contributed by atoms with van der Waals surface area (Å²) < 4.78 is 0. The van der Waals surface area contributed by atoms with Crippen LogP contribution in [0.4, 0.5) is 11.4 Å². The maximum absolute atomic E-state index is 12.4. The Balaban J connectivity index is 1.39. The second-order valence-corrected chi connectivity index (χ2v) is 9.10. The average molecular weight is 462 g/mol. The molecule has 6 heteroatoms. The van der Waals surface area contributed by atoms with Gasteiger partial charge in [0.05, 0.1) is 27.9 Å². The molecule has 1 amide bonds. The Labute approximate surface area is 197 Å². The number of hydrogen-bond donors (Lipinski definition) is 1. The molecular formula is C26H24ClN3OS. The van der Waals surface area contributed by atoms with Gasteiger partial charge in [0.2, 0.25) is 5.91 Å². The first kappa shape index (κ1) is 22.3. The van der Waals surface area contributed by atoms with Gasteiger partial charge in [0.15, 0.2) is 0 Å². The lowest BCUT2D eigenvalue weighted by molar-refractivity contribution is -0.118. The Morgan fingerprint density at radius 2 is 1.66 bits per heavy atom. The molecule has 3 aromatic carbocycles. The van der Waals surface area contributed by atoms with Crippen LogP contribution in [0.15, 0.2) is 82.8 Å². The summed E-state index contributed by atoms with van der Waals surface area (Å²) in [5.74, 6) is 0.320. The van der Waals surface area contributed by atoms with Crippen molar-refractivity contribution in [3.63, 3.8) is 0 Å². The van der Waals surface area contributed by atoms with Crippen molar-refractivity contribution in [2.75, 3.05) is 12.3 Å². The minimum absolute atomic E-state index is 0.00183. The first-order valence-corrected chi connectivity index (χ1v) is 11.9. The summed E-state index contributed by atoms with van der Waals surface area (Å²) >= 11 is 7.39. The minimum atomic E-state index is -0.00183. The number of rotatable bonds is 6. The summed E-state index contributed by atoms with van der Waals surface area (Å²) in [6.07, 6.45) is 1.37. The zero-order chi connectivity index (χ0) is 22.3. The Morgan fingerprint density at radius 3 is 2.38 bits per heavy atom. The van der Waals surface area contributed by atoms with Crippen molar-refractivity contribution >= 4 is 51.4 Å². The van der Waals surface area contributed by atoms with Crippen LogP contribution in [0.3, 0.4) is 0 Å². The number of nitrogens with zero attached hydrogens (tertiary/aromatic N) is 2. The van der Waals surface area contributed by atoms with E-state index < -0.39 is 0 Å². The lowest BCUT2D eigenvalue weighted by Crippen LogP contribution is -2.27. The van der Waals surface area contributed by atoms with Gasteiger partial charge >= 0.3 is 0 Å². The number of nitrogens with one attached hydrogen (secondary N) is 1. The van der Waals surface area contributed by atoms with Crippen molar-refractivity contribution in [1.29, 1.82) is 0 Å². The fourth-order valence-corrected chi connectivity index (χ4v) is 4.28. The van der Waals surface area contributed by atoms with Gasteiger partial charge in [-0.05, 0) is 48.7 Å². The molecule has 0 aliphatic carbocycles. The topological polar surface area (TPSA) is 53.8 Å². The van der Waals surface area contributed by atoms with Crippen LogP contribution >= 0.6 is 23.4 Å². The highest BCUT2D eigenvalue weighted by molar-refractivity contribution is 8.14. The molecule has 32 heavy (non-hydrogen) atoms. The molecule has 0 aromatic heterocycles. The van der Waals surface area contributed by atoms with Gasteiger partial charge in [-0.25, -0.2) is 4.99 Å². The predicted molar refractivity (Wildman–Crippen MR) is 136 cm³/mol. The highest BCUT2D eigenvalue weighted by Crippen LogP contribution is 2.33. The number of thioether (sulfide) groups is 1. The van der Waals surface area contributed by atoms with Crippen LogP contribution in [0, 0.1) is 6.92 Å². The lowest BCUT2D eigenvalue weighted by Gasteiger charge is -2.09. The molecule has 3 aromatic rings. The van der Waals surface area contributed by atoms with E-state index in [1.165, 1.54) is 17.3 Å². The van der Waals surface area contributed by atoms with Crippen LogP contribution < -0.4 is 5.32 Å². The van der Waals surface area contributed by atoms with Gasteiger partial charge in [-0.3, -0.25) is 9.79 Å². The molecule has 1 aliphatic rings. The highest BCUT2D eigenvalue weighted by Gasteiger charge is 2.16. The monoisotopic (exact) mass is 461 g/mol. The van der Waals surface area contributed by atoms with E-state index in [9.17, 15) is 4.79 Å². The van der Waals surface area contributed by atoms with Crippen molar-refractivity contribution in [3.8, 4) is 0 Å². The van der Waals surface area contributed by atoms with Gasteiger partial charge in [0.25, 0.3) is 0 Å². The first-order chi connectivity index (χ1) is 15.6. The second-order valence-electron chi connectivity index (χ2n) is 7.61. The average Bonchev–Trinajstić information content (AvgIpc) is 2.99. The standard InChI is InChI=1S/C26H24ClN3OS/c1-18-6-10-20(11-7-18)24-16-26(30-23-5-3-2-4-22(23)29-24)32-17-25(31)28-15-14-19-8-12-21(27)13-9-19/h2-13H,14-17H2,1H3,(H,28,31). The molecule has 0 unspecified atom stereocenters. The van der Waals surface area contributed by atoms with Gasteiger partial charge in [-0.2, -0.15) is 0 Å². The van der Waals surface area contributed by atoms with E-state index in [4.69, 9.17) is 21.6 Å². The number of hydrogen-bond acceptors (Lipinski definition) is 4. The van der Waals surface area contributed by atoms with Crippen LogP contribution in [0.25, 0.3) is 0 Å². The van der Waals surface area contributed by atoms with Gasteiger partial charge in [-0.15, -0.1) is 11.8 Å². The smallest absolute Gasteiger partial charge is 0.230 e. The molecule has 1 heterocycles. The number of halogens is 1. The molecule has 1 aliphatic heterocycles. The normalized spacial score (nSPS) is 12.9. The third kappa shape index (κ3) is 6.09. The fourth-order valence-electron chi connectivity index (χ4n) is 3.35. The number of aliphatic imine (C=N–C) groups is 2. The number of carbonyl (C=O) groups excluding carboxylic acids is 1. The van der Waals surface area contributed by atoms with E-state index in [1.54, 1.807) is 0 Å². The SMILES string of the molecule is Cc1ccc(C2=Nc3ccccc3N=C(SCC(=O)NCCc3ccc(Cl)cc3)C2)cc1. The number of carbonyl (C=O) groups is 1. The van der Waals surface area contributed by atoms with Crippen molar-refractivity contribution in [2.24, 2.45) is 9.98 Å². The zero-order valence-electron chi connectivity index (χ0n) is 17.8. The molecular weight excluding hydrogens is 438 g/mol.